The van der Waals surface area contributed by atoms with Gasteiger partial charge in [0.05, 0.1) is 6.04 Å². The van der Waals surface area contributed by atoms with Gasteiger partial charge in [-0.1, -0.05) is 25.1 Å². The van der Waals surface area contributed by atoms with Gasteiger partial charge in [-0.3, -0.25) is 4.84 Å². The van der Waals surface area contributed by atoms with Crippen molar-refractivity contribution in [2.75, 3.05) is 5.06 Å². The van der Waals surface area contributed by atoms with Crippen LogP contribution >= 0.6 is 0 Å². The van der Waals surface area contributed by atoms with E-state index in [1.165, 1.54) is 6.42 Å². The lowest BCUT2D eigenvalue weighted by Gasteiger charge is -2.40. The van der Waals surface area contributed by atoms with Crippen molar-refractivity contribution in [2.45, 2.75) is 38.3 Å². The molecule has 0 amide bonds. The van der Waals surface area contributed by atoms with Gasteiger partial charge in [-0.25, -0.2) is 10.0 Å². The number of hydrogen-bond acceptors (Lipinski definition) is 3. The lowest BCUT2D eigenvalue weighted by molar-refractivity contribution is 0.00209. The Balaban J connectivity index is 1.89. The second-order valence-electron chi connectivity index (χ2n) is 4.34. The summed E-state index contributed by atoms with van der Waals surface area (Å²) in [5.74, 6) is 0.943. The van der Waals surface area contributed by atoms with Crippen LogP contribution in [0.2, 0.25) is 0 Å². The molecule has 84 valence electrons. The number of aryl methyl sites for hydroxylation is 1. The molecule has 1 fully saturated rings. The van der Waals surface area contributed by atoms with E-state index < -0.39 is 0 Å². The number of anilines is 1. The molecule has 1 aromatic rings. The lowest BCUT2D eigenvalue weighted by atomic mass is 9.98. The first-order valence-corrected chi connectivity index (χ1v) is 5.97. The van der Waals surface area contributed by atoms with Gasteiger partial charge in [-0.15, -0.1) is 0 Å². The molecule has 2 atom stereocenters. The van der Waals surface area contributed by atoms with E-state index in [2.05, 4.69) is 36.2 Å². The van der Waals surface area contributed by atoms with Gasteiger partial charge >= 0.3 is 0 Å². The van der Waals surface area contributed by atoms with Gasteiger partial charge in [0.25, 0.3) is 0 Å². The van der Waals surface area contributed by atoms with Crippen LogP contribution in [0.3, 0.4) is 0 Å². The zero-order valence-corrected chi connectivity index (χ0v) is 9.47. The molecular weight excluding hydrogens is 200 g/mol. The van der Waals surface area contributed by atoms with Gasteiger partial charge in [0, 0.05) is 5.69 Å². The summed E-state index contributed by atoms with van der Waals surface area (Å²) >= 11 is 0. The first-order chi connectivity index (χ1) is 7.86. The monoisotopic (exact) mass is 216 g/mol. The minimum absolute atomic E-state index is 0.247. The Morgan fingerprint density at radius 1 is 1.38 bits per heavy atom. The molecule has 0 N–H and O–H groups in total. The van der Waals surface area contributed by atoms with Gasteiger partial charge in [0.1, 0.15) is 6.10 Å². The second-order valence-corrected chi connectivity index (χ2v) is 4.34. The molecule has 3 nitrogen and oxygen atoms in total. The lowest BCUT2D eigenvalue weighted by Crippen LogP contribution is -2.46. The first kappa shape index (κ1) is 9.85. The highest BCUT2D eigenvalue weighted by Gasteiger charge is 2.31. The number of pyridine rings is 1. The summed E-state index contributed by atoms with van der Waals surface area (Å²) in [7, 11) is 0. The van der Waals surface area contributed by atoms with Gasteiger partial charge in [0.2, 0.25) is 0 Å². The first-order valence-electron chi connectivity index (χ1n) is 5.97. The SMILES string of the molecule is CCc1cccc(N2O[C@@H]3C=C[C@H]2CC3)n1. The highest BCUT2D eigenvalue weighted by molar-refractivity contribution is 5.41. The van der Waals surface area contributed by atoms with E-state index in [-0.39, 0.29) is 6.10 Å². The van der Waals surface area contributed by atoms with Crippen molar-refractivity contribution in [2.24, 2.45) is 0 Å². The fraction of sp³-hybridized carbons (Fsp3) is 0.462. The van der Waals surface area contributed by atoms with Crippen LogP contribution in [-0.2, 0) is 11.3 Å². The highest BCUT2D eigenvalue weighted by Crippen LogP contribution is 2.30. The van der Waals surface area contributed by atoms with Crippen molar-refractivity contribution in [1.82, 2.24) is 4.98 Å². The Morgan fingerprint density at radius 2 is 2.31 bits per heavy atom. The van der Waals surface area contributed by atoms with Crippen molar-refractivity contribution in [3.63, 3.8) is 0 Å². The van der Waals surface area contributed by atoms with Crippen molar-refractivity contribution >= 4 is 5.82 Å². The Kier molecular flexibility index (Phi) is 2.40. The topological polar surface area (TPSA) is 25.4 Å². The average molecular weight is 216 g/mol. The van der Waals surface area contributed by atoms with Crippen LogP contribution < -0.4 is 5.06 Å². The molecule has 3 heterocycles. The van der Waals surface area contributed by atoms with Crippen molar-refractivity contribution < 1.29 is 4.84 Å². The average Bonchev–Trinajstić information content (AvgIpc) is 2.40. The van der Waals surface area contributed by atoms with E-state index in [4.69, 9.17) is 4.84 Å². The van der Waals surface area contributed by atoms with E-state index in [0.717, 1.165) is 24.4 Å². The summed E-state index contributed by atoms with van der Waals surface area (Å²) in [6.07, 6.45) is 7.90. The predicted octanol–water partition coefficient (Wildman–Crippen LogP) is 2.48. The molecule has 0 aromatic carbocycles. The van der Waals surface area contributed by atoms with Crippen LogP contribution in [0.5, 0.6) is 0 Å². The summed E-state index contributed by atoms with van der Waals surface area (Å²) in [5, 5.41) is 1.97. The molecule has 0 radical (unpaired) electrons. The van der Waals surface area contributed by atoms with E-state index in [9.17, 15) is 0 Å². The quantitative estimate of drug-likeness (QED) is 0.710. The van der Waals surface area contributed by atoms with Crippen LogP contribution in [0.25, 0.3) is 0 Å². The second kappa shape index (κ2) is 3.91. The summed E-state index contributed by atoms with van der Waals surface area (Å²) in [6, 6.07) is 6.50. The number of nitrogens with zero attached hydrogens (tertiary/aromatic N) is 2. The smallest absolute Gasteiger partial charge is 0.153 e. The molecular formula is C13H16N2O. The van der Waals surface area contributed by atoms with Crippen molar-refractivity contribution in [3.8, 4) is 0 Å². The maximum absolute atomic E-state index is 5.85. The standard InChI is InChI=1S/C13H16N2O/c1-2-10-4-3-5-13(14-10)15-11-6-8-12(16-15)9-7-11/h3-6,8,11-12H,2,7,9H2,1H3/t11-,12+/m0/s1. The number of rotatable bonds is 2. The zero-order chi connectivity index (χ0) is 11.0. The molecule has 1 saturated heterocycles. The minimum atomic E-state index is 0.247. The van der Waals surface area contributed by atoms with Crippen LogP contribution in [0, 0.1) is 0 Å². The molecule has 2 aliphatic heterocycles. The van der Waals surface area contributed by atoms with Gasteiger partial charge in [-0.05, 0) is 31.4 Å². The fourth-order valence-corrected chi connectivity index (χ4v) is 2.30. The maximum Gasteiger partial charge on any atom is 0.153 e. The summed E-state index contributed by atoms with van der Waals surface area (Å²) in [5.41, 5.74) is 1.12. The number of hydrogen-bond donors (Lipinski definition) is 0. The number of hydroxylamine groups is 1. The van der Waals surface area contributed by atoms with E-state index in [0.29, 0.717) is 6.04 Å². The minimum Gasteiger partial charge on any atom is -0.264 e. The van der Waals surface area contributed by atoms with E-state index >= 15 is 0 Å². The van der Waals surface area contributed by atoms with Gasteiger partial charge in [0.15, 0.2) is 5.82 Å². The summed E-state index contributed by atoms with van der Waals surface area (Å²) in [6.45, 7) is 2.12. The molecule has 1 aromatic heterocycles. The molecule has 1 aliphatic carbocycles. The maximum atomic E-state index is 5.85. The van der Waals surface area contributed by atoms with Crippen LogP contribution in [0.15, 0.2) is 30.4 Å². The zero-order valence-electron chi connectivity index (χ0n) is 9.47. The molecule has 0 unspecified atom stereocenters. The summed E-state index contributed by atoms with van der Waals surface area (Å²) in [4.78, 5) is 10.5. The third kappa shape index (κ3) is 1.61. The Morgan fingerprint density at radius 3 is 2.94 bits per heavy atom. The third-order valence-corrected chi connectivity index (χ3v) is 3.23. The molecule has 0 spiro atoms. The predicted molar refractivity (Wildman–Crippen MR) is 63.1 cm³/mol. The molecule has 4 rings (SSSR count). The normalized spacial score (nSPS) is 27.4. The van der Waals surface area contributed by atoms with Crippen molar-refractivity contribution in [3.05, 3.63) is 36.0 Å². The van der Waals surface area contributed by atoms with Crippen LogP contribution in [-0.4, -0.2) is 17.1 Å². The molecule has 0 saturated carbocycles. The van der Waals surface area contributed by atoms with Crippen LogP contribution in [0.1, 0.15) is 25.5 Å². The molecule has 3 aliphatic rings. The Hall–Kier alpha value is -1.35. The van der Waals surface area contributed by atoms with E-state index in [1.807, 2.05) is 11.1 Å². The number of aromatic nitrogens is 1. The fourth-order valence-electron chi connectivity index (χ4n) is 2.30. The summed E-state index contributed by atoms with van der Waals surface area (Å²) < 4.78 is 0. The third-order valence-electron chi connectivity index (χ3n) is 3.23. The largest absolute Gasteiger partial charge is 0.264 e. The van der Waals surface area contributed by atoms with Crippen LogP contribution in [0.4, 0.5) is 5.82 Å². The van der Waals surface area contributed by atoms with E-state index in [1.54, 1.807) is 0 Å². The Labute approximate surface area is 95.7 Å². The highest BCUT2D eigenvalue weighted by atomic mass is 16.7. The molecule has 2 bridgehead atoms. The Bertz CT molecular complexity index is 416. The molecule has 16 heavy (non-hydrogen) atoms. The number of fused-ring (bicyclic) bond motifs is 2. The molecule has 3 heteroatoms. The van der Waals surface area contributed by atoms with Gasteiger partial charge in [-0.2, -0.15) is 0 Å². The van der Waals surface area contributed by atoms with Crippen molar-refractivity contribution in [1.29, 1.82) is 0 Å². The van der Waals surface area contributed by atoms with Gasteiger partial charge < -0.3 is 0 Å².